The lowest BCUT2D eigenvalue weighted by molar-refractivity contribution is 0.416. The van der Waals surface area contributed by atoms with Crippen molar-refractivity contribution in [1.82, 2.24) is 9.38 Å². The molecule has 3 rings (SSSR count). The minimum Gasteiger partial charge on any atom is -0.496 e. The number of fused-ring (bicyclic) bond motifs is 1. The number of thiazole rings is 1. The number of benzene rings is 1. The summed E-state index contributed by atoms with van der Waals surface area (Å²) in [6.45, 7) is 0. The average Bonchev–Trinajstić information content (AvgIpc) is 2.87. The molecule has 4 nitrogen and oxygen atoms in total. The van der Waals surface area contributed by atoms with Gasteiger partial charge >= 0.3 is 0 Å². The van der Waals surface area contributed by atoms with Gasteiger partial charge in [0.2, 0.25) is 0 Å². The zero-order valence-corrected chi connectivity index (χ0v) is 11.1. The standard InChI is InChI=1S/C12H10ClN3OS/c1-17-10-3-2-7(13)4-8(10)9-6-18-12-15-11(14)5-16(9)12/h2-6H,14H2,1H3. The number of halogens is 1. The molecule has 0 aliphatic rings. The lowest BCUT2D eigenvalue weighted by atomic mass is 10.1. The quantitative estimate of drug-likeness (QED) is 0.783. The zero-order valence-electron chi connectivity index (χ0n) is 9.55. The summed E-state index contributed by atoms with van der Waals surface area (Å²) in [5.74, 6) is 1.27. The third-order valence-corrected chi connectivity index (χ3v) is 3.74. The molecule has 2 heterocycles. The molecule has 0 fully saturated rings. The fourth-order valence-corrected chi connectivity index (χ4v) is 2.93. The van der Waals surface area contributed by atoms with Crippen LogP contribution in [0.2, 0.25) is 5.02 Å². The second-order valence-electron chi connectivity index (χ2n) is 3.78. The van der Waals surface area contributed by atoms with Crippen molar-refractivity contribution in [3.8, 4) is 17.0 Å². The van der Waals surface area contributed by atoms with Crippen LogP contribution in [0.3, 0.4) is 0 Å². The Morgan fingerprint density at radius 1 is 1.44 bits per heavy atom. The number of ether oxygens (including phenoxy) is 1. The van der Waals surface area contributed by atoms with Crippen LogP contribution in [0.1, 0.15) is 0 Å². The monoisotopic (exact) mass is 279 g/mol. The van der Waals surface area contributed by atoms with Crippen molar-refractivity contribution >= 4 is 33.7 Å². The highest BCUT2D eigenvalue weighted by molar-refractivity contribution is 7.15. The smallest absolute Gasteiger partial charge is 0.196 e. The summed E-state index contributed by atoms with van der Waals surface area (Å²) in [6, 6.07) is 5.52. The zero-order chi connectivity index (χ0) is 12.7. The molecule has 2 N–H and O–H groups in total. The highest BCUT2D eigenvalue weighted by Crippen LogP contribution is 2.35. The molecule has 2 aromatic heterocycles. The van der Waals surface area contributed by atoms with E-state index in [1.54, 1.807) is 19.4 Å². The Hall–Kier alpha value is -1.72. The van der Waals surface area contributed by atoms with Crippen molar-refractivity contribution in [1.29, 1.82) is 0 Å². The molecule has 6 heteroatoms. The maximum absolute atomic E-state index is 6.05. The van der Waals surface area contributed by atoms with Crippen LogP contribution in [0.4, 0.5) is 5.82 Å². The SMILES string of the molecule is COc1ccc(Cl)cc1-c1csc2nc(N)cn12. The molecular weight excluding hydrogens is 270 g/mol. The van der Waals surface area contributed by atoms with Crippen molar-refractivity contribution in [3.63, 3.8) is 0 Å². The number of hydrogen-bond acceptors (Lipinski definition) is 4. The number of nitrogens with two attached hydrogens (primary N) is 1. The van der Waals surface area contributed by atoms with Crippen LogP contribution in [-0.4, -0.2) is 16.5 Å². The summed E-state index contributed by atoms with van der Waals surface area (Å²) >= 11 is 7.57. The Kier molecular flexibility index (Phi) is 2.65. The maximum Gasteiger partial charge on any atom is 0.196 e. The number of hydrogen-bond donors (Lipinski definition) is 1. The topological polar surface area (TPSA) is 52.5 Å². The van der Waals surface area contributed by atoms with Gasteiger partial charge in [-0.25, -0.2) is 4.98 Å². The van der Waals surface area contributed by atoms with Crippen LogP contribution in [0.5, 0.6) is 5.75 Å². The highest BCUT2D eigenvalue weighted by Gasteiger charge is 2.13. The van der Waals surface area contributed by atoms with Gasteiger partial charge in [-0.15, -0.1) is 11.3 Å². The van der Waals surface area contributed by atoms with E-state index in [1.807, 2.05) is 21.9 Å². The molecule has 0 atom stereocenters. The van der Waals surface area contributed by atoms with E-state index < -0.39 is 0 Å². The van der Waals surface area contributed by atoms with Crippen LogP contribution in [0.25, 0.3) is 16.2 Å². The molecule has 0 aliphatic carbocycles. The first-order valence-corrected chi connectivity index (χ1v) is 6.51. The Labute approximate surface area is 113 Å². The molecule has 18 heavy (non-hydrogen) atoms. The number of aromatic nitrogens is 2. The first kappa shape index (κ1) is 11.4. The molecule has 0 amide bonds. The third kappa shape index (κ3) is 1.72. The van der Waals surface area contributed by atoms with Crippen molar-refractivity contribution in [3.05, 3.63) is 34.8 Å². The summed E-state index contributed by atoms with van der Waals surface area (Å²) in [5, 5.41) is 2.67. The number of methoxy groups -OCH3 is 1. The van der Waals surface area contributed by atoms with Crippen LogP contribution in [-0.2, 0) is 0 Å². The molecule has 0 aliphatic heterocycles. The second-order valence-corrected chi connectivity index (χ2v) is 5.06. The number of rotatable bonds is 2. The first-order valence-electron chi connectivity index (χ1n) is 5.25. The average molecular weight is 280 g/mol. The van der Waals surface area contributed by atoms with Gasteiger partial charge in [-0.2, -0.15) is 0 Å². The Morgan fingerprint density at radius 2 is 2.28 bits per heavy atom. The molecule has 0 unspecified atom stereocenters. The largest absolute Gasteiger partial charge is 0.496 e. The summed E-state index contributed by atoms with van der Waals surface area (Å²) in [7, 11) is 1.64. The summed E-state index contributed by atoms with van der Waals surface area (Å²) in [5.41, 5.74) is 7.60. The van der Waals surface area contributed by atoms with Gasteiger partial charge in [0.1, 0.15) is 11.6 Å². The van der Waals surface area contributed by atoms with E-state index in [0.717, 1.165) is 22.0 Å². The number of anilines is 1. The lowest BCUT2D eigenvalue weighted by Gasteiger charge is -2.07. The predicted octanol–water partition coefficient (Wildman–Crippen LogP) is 3.31. The molecule has 0 bridgehead atoms. The van der Waals surface area contributed by atoms with Crippen molar-refractivity contribution in [2.24, 2.45) is 0 Å². The normalized spacial score (nSPS) is 11.0. The molecule has 0 spiro atoms. The van der Waals surface area contributed by atoms with Gasteiger partial charge in [0.05, 0.1) is 19.0 Å². The number of nitrogen functional groups attached to an aromatic ring is 1. The first-order chi connectivity index (χ1) is 8.69. The van der Waals surface area contributed by atoms with Gasteiger partial charge in [-0.1, -0.05) is 11.6 Å². The summed E-state index contributed by atoms with van der Waals surface area (Å²) < 4.78 is 7.30. The Balaban J connectivity index is 2.27. The lowest BCUT2D eigenvalue weighted by Crippen LogP contribution is -1.90. The molecule has 0 saturated heterocycles. The van der Waals surface area contributed by atoms with Crippen LogP contribution in [0.15, 0.2) is 29.8 Å². The Bertz CT molecular complexity index is 719. The summed E-state index contributed by atoms with van der Waals surface area (Å²) in [4.78, 5) is 5.07. The second kappa shape index (κ2) is 4.19. The third-order valence-electron chi connectivity index (χ3n) is 2.67. The fourth-order valence-electron chi connectivity index (χ4n) is 1.88. The summed E-state index contributed by atoms with van der Waals surface area (Å²) in [6.07, 6.45) is 1.79. The van der Waals surface area contributed by atoms with E-state index >= 15 is 0 Å². The van der Waals surface area contributed by atoms with Crippen LogP contribution < -0.4 is 10.5 Å². The van der Waals surface area contributed by atoms with E-state index in [2.05, 4.69) is 4.98 Å². The number of nitrogens with zero attached hydrogens (tertiary/aromatic N) is 2. The van der Waals surface area contributed by atoms with Gasteiger partial charge in [-0.3, -0.25) is 4.40 Å². The minimum absolute atomic E-state index is 0.504. The van der Waals surface area contributed by atoms with E-state index in [1.165, 1.54) is 11.3 Å². The Morgan fingerprint density at radius 3 is 3.06 bits per heavy atom. The van der Waals surface area contributed by atoms with Crippen molar-refractivity contribution in [2.75, 3.05) is 12.8 Å². The molecular formula is C12H10ClN3OS. The highest BCUT2D eigenvalue weighted by atomic mass is 35.5. The molecule has 92 valence electrons. The van der Waals surface area contributed by atoms with E-state index in [-0.39, 0.29) is 0 Å². The van der Waals surface area contributed by atoms with Gasteiger partial charge in [0.25, 0.3) is 0 Å². The van der Waals surface area contributed by atoms with Crippen molar-refractivity contribution < 1.29 is 4.74 Å². The number of imidazole rings is 1. The molecule has 0 saturated carbocycles. The molecule has 1 aromatic carbocycles. The van der Waals surface area contributed by atoms with Gasteiger partial charge in [0, 0.05) is 16.0 Å². The van der Waals surface area contributed by atoms with E-state index in [4.69, 9.17) is 22.1 Å². The van der Waals surface area contributed by atoms with Crippen LogP contribution >= 0.6 is 22.9 Å². The molecule has 0 radical (unpaired) electrons. The van der Waals surface area contributed by atoms with Gasteiger partial charge in [-0.05, 0) is 18.2 Å². The minimum atomic E-state index is 0.504. The van der Waals surface area contributed by atoms with Gasteiger partial charge in [0.15, 0.2) is 4.96 Å². The van der Waals surface area contributed by atoms with E-state index in [0.29, 0.717) is 10.8 Å². The van der Waals surface area contributed by atoms with Crippen molar-refractivity contribution in [2.45, 2.75) is 0 Å². The van der Waals surface area contributed by atoms with Crippen LogP contribution in [0, 0.1) is 0 Å². The fraction of sp³-hybridized carbons (Fsp3) is 0.0833. The maximum atomic E-state index is 6.05. The predicted molar refractivity (Wildman–Crippen MR) is 74.5 cm³/mol. The van der Waals surface area contributed by atoms with Gasteiger partial charge < -0.3 is 10.5 Å². The van der Waals surface area contributed by atoms with E-state index in [9.17, 15) is 0 Å². The molecule has 3 aromatic rings.